The molecule has 0 saturated carbocycles. The van der Waals surface area contributed by atoms with Gasteiger partial charge in [-0.1, -0.05) is 84.2 Å². The van der Waals surface area contributed by atoms with E-state index >= 15 is 0 Å². The summed E-state index contributed by atoms with van der Waals surface area (Å²) in [7, 11) is -3.64. The summed E-state index contributed by atoms with van der Waals surface area (Å²) in [6.07, 6.45) is 2.34. The standard InChI is InChI=1S/C31H36Cl3N3O4S/c1-4-22(2)35-31(39)29(18-23-10-6-5-7-11-23)36(21-24-15-16-26(33)20-28(24)34)30(38)14-9-17-37(42(3,40)41)27-13-8-12-25(32)19-27/h5-8,10-13,15-16,19-20,22,29H,4,9,14,17-18,21H2,1-3H3,(H,35,39)/t22-,29-/m1/s1. The highest BCUT2D eigenvalue weighted by Crippen LogP contribution is 2.26. The Hall–Kier alpha value is -2.78. The predicted molar refractivity (Wildman–Crippen MR) is 172 cm³/mol. The number of sulfonamides is 1. The number of rotatable bonds is 14. The summed E-state index contributed by atoms with van der Waals surface area (Å²) < 4.78 is 26.4. The molecule has 42 heavy (non-hydrogen) atoms. The molecule has 0 unspecified atom stereocenters. The quantitative estimate of drug-likeness (QED) is 0.209. The number of anilines is 1. The lowest BCUT2D eigenvalue weighted by molar-refractivity contribution is -0.141. The minimum Gasteiger partial charge on any atom is -0.352 e. The third kappa shape index (κ3) is 9.90. The molecule has 0 heterocycles. The van der Waals surface area contributed by atoms with Gasteiger partial charge in [0.1, 0.15) is 6.04 Å². The zero-order chi connectivity index (χ0) is 30.9. The largest absolute Gasteiger partial charge is 0.352 e. The average molecular weight is 653 g/mol. The van der Waals surface area contributed by atoms with Crippen LogP contribution < -0.4 is 9.62 Å². The van der Waals surface area contributed by atoms with Crippen LogP contribution in [0.1, 0.15) is 44.2 Å². The molecule has 2 atom stereocenters. The predicted octanol–water partition coefficient (Wildman–Crippen LogP) is 6.75. The molecule has 0 radical (unpaired) electrons. The average Bonchev–Trinajstić information content (AvgIpc) is 2.93. The summed E-state index contributed by atoms with van der Waals surface area (Å²) in [4.78, 5) is 29.1. The van der Waals surface area contributed by atoms with E-state index < -0.39 is 16.1 Å². The van der Waals surface area contributed by atoms with E-state index in [0.29, 0.717) is 26.3 Å². The maximum absolute atomic E-state index is 13.9. The van der Waals surface area contributed by atoms with E-state index in [2.05, 4.69) is 5.32 Å². The Kier molecular flexibility index (Phi) is 12.5. The number of carbonyl (C=O) groups excluding carboxylic acids is 2. The van der Waals surface area contributed by atoms with E-state index in [1.165, 1.54) is 9.21 Å². The van der Waals surface area contributed by atoms with Crippen molar-refractivity contribution in [3.63, 3.8) is 0 Å². The second-order valence-corrected chi connectivity index (χ2v) is 13.4. The Morgan fingerprint density at radius 2 is 1.62 bits per heavy atom. The van der Waals surface area contributed by atoms with Gasteiger partial charge in [0, 0.05) is 47.0 Å². The molecule has 3 aromatic rings. The first-order chi connectivity index (χ1) is 19.9. The molecular weight excluding hydrogens is 617 g/mol. The van der Waals surface area contributed by atoms with Crippen molar-refractivity contribution in [2.24, 2.45) is 0 Å². The number of benzene rings is 3. The highest BCUT2D eigenvalue weighted by molar-refractivity contribution is 7.92. The van der Waals surface area contributed by atoms with Gasteiger partial charge in [-0.2, -0.15) is 0 Å². The molecule has 0 bridgehead atoms. The monoisotopic (exact) mass is 651 g/mol. The van der Waals surface area contributed by atoms with Crippen LogP contribution in [0.3, 0.4) is 0 Å². The molecule has 7 nitrogen and oxygen atoms in total. The van der Waals surface area contributed by atoms with Gasteiger partial charge in [-0.25, -0.2) is 8.42 Å². The summed E-state index contributed by atoms with van der Waals surface area (Å²) in [6.45, 7) is 4.02. The molecule has 2 amide bonds. The highest BCUT2D eigenvalue weighted by atomic mass is 35.5. The van der Waals surface area contributed by atoms with Crippen LogP contribution in [0.15, 0.2) is 72.8 Å². The SMILES string of the molecule is CC[C@@H](C)NC(=O)[C@@H](Cc1ccccc1)N(Cc1ccc(Cl)cc1Cl)C(=O)CCCN(c1cccc(Cl)c1)S(C)(=O)=O. The zero-order valence-corrected chi connectivity index (χ0v) is 27.0. The summed E-state index contributed by atoms with van der Waals surface area (Å²) in [5.41, 5.74) is 1.95. The van der Waals surface area contributed by atoms with E-state index in [1.807, 2.05) is 44.2 Å². The smallest absolute Gasteiger partial charge is 0.243 e. The molecule has 0 aliphatic heterocycles. The second kappa shape index (κ2) is 15.6. The van der Waals surface area contributed by atoms with Crippen molar-refractivity contribution < 1.29 is 18.0 Å². The molecule has 0 fully saturated rings. The van der Waals surface area contributed by atoms with Crippen molar-refractivity contribution in [1.29, 1.82) is 0 Å². The highest BCUT2D eigenvalue weighted by Gasteiger charge is 2.31. The van der Waals surface area contributed by atoms with Crippen molar-refractivity contribution in [1.82, 2.24) is 10.2 Å². The number of hydrogen-bond acceptors (Lipinski definition) is 4. The fraction of sp³-hybridized carbons (Fsp3) is 0.355. The van der Waals surface area contributed by atoms with Gasteiger partial charge in [0.05, 0.1) is 11.9 Å². The van der Waals surface area contributed by atoms with Crippen LogP contribution in [0.5, 0.6) is 0 Å². The molecule has 11 heteroatoms. The number of halogens is 3. The van der Waals surface area contributed by atoms with Crippen LogP contribution in [0.2, 0.25) is 15.1 Å². The van der Waals surface area contributed by atoms with Gasteiger partial charge in [-0.05, 0) is 61.2 Å². The maximum atomic E-state index is 13.9. The maximum Gasteiger partial charge on any atom is 0.243 e. The van der Waals surface area contributed by atoms with Crippen LogP contribution >= 0.6 is 34.8 Å². The number of hydrogen-bond donors (Lipinski definition) is 1. The fourth-order valence-electron chi connectivity index (χ4n) is 4.46. The molecular formula is C31H36Cl3N3O4S. The zero-order valence-electron chi connectivity index (χ0n) is 23.9. The number of nitrogens with one attached hydrogen (secondary N) is 1. The summed E-state index contributed by atoms with van der Waals surface area (Å²) in [5.74, 6) is -0.580. The molecule has 0 aliphatic carbocycles. The number of nitrogens with zero attached hydrogens (tertiary/aromatic N) is 2. The number of carbonyl (C=O) groups is 2. The minimum atomic E-state index is -3.64. The lowest BCUT2D eigenvalue weighted by Crippen LogP contribution is -2.52. The van der Waals surface area contributed by atoms with Gasteiger partial charge in [0.2, 0.25) is 21.8 Å². The fourth-order valence-corrected chi connectivity index (χ4v) is 6.07. The first kappa shape index (κ1) is 33.7. The van der Waals surface area contributed by atoms with Gasteiger partial charge in [-0.3, -0.25) is 13.9 Å². The van der Waals surface area contributed by atoms with Crippen LogP contribution in [0.25, 0.3) is 0 Å². The van der Waals surface area contributed by atoms with E-state index in [4.69, 9.17) is 34.8 Å². The first-order valence-electron chi connectivity index (χ1n) is 13.7. The molecule has 3 rings (SSSR count). The molecule has 0 saturated heterocycles. The molecule has 1 N–H and O–H groups in total. The van der Waals surface area contributed by atoms with Crippen LogP contribution in [0, 0.1) is 0 Å². The Balaban J connectivity index is 1.92. The van der Waals surface area contributed by atoms with Crippen molar-refractivity contribution in [3.05, 3.63) is 99.0 Å². The van der Waals surface area contributed by atoms with Crippen molar-refractivity contribution in [2.45, 2.75) is 58.2 Å². The van der Waals surface area contributed by atoms with Crippen LogP contribution in [-0.4, -0.2) is 50.0 Å². The van der Waals surface area contributed by atoms with Crippen molar-refractivity contribution >= 4 is 62.3 Å². The van der Waals surface area contributed by atoms with Crippen molar-refractivity contribution in [2.75, 3.05) is 17.1 Å². The Bertz CT molecular complexity index is 1470. The molecule has 0 aromatic heterocycles. The lowest BCUT2D eigenvalue weighted by Gasteiger charge is -2.33. The van der Waals surface area contributed by atoms with Gasteiger partial charge in [-0.15, -0.1) is 0 Å². The van der Waals surface area contributed by atoms with Gasteiger partial charge in [0.25, 0.3) is 0 Å². The minimum absolute atomic E-state index is 0.000302. The summed E-state index contributed by atoms with van der Waals surface area (Å²) in [5, 5.41) is 4.27. The van der Waals surface area contributed by atoms with E-state index in [-0.39, 0.29) is 50.2 Å². The summed E-state index contributed by atoms with van der Waals surface area (Å²) in [6, 6.07) is 20.1. The third-order valence-electron chi connectivity index (χ3n) is 6.88. The van der Waals surface area contributed by atoms with Crippen LogP contribution in [-0.2, 0) is 32.6 Å². The molecule has 0 spiro atoms. The molecule has 0 aliphatic rings. The van der Waals surface area contributed by atoms with E-state index in [9.17, 15) is 18.0 Å². The second-order valence-electron chi connectivity index (χ2n) is 10.2. The molecule has 3 aromatic carbocycles. The van der Waals surface area contributed by atoms with Gasteiger partial charge in [0.15, 0.2) is 0 Å². The Labute approximate surface area is 263 Å². The van der Waals surface area contributed by atoms with E-state index in [0.717, 1.165) is 18.2 Å². The third-order valence-corrected chi connectivity index (χ3v) is 8.89. The Morgan fingerprint density at radius 1 is 0.929 bits per heavy atom. The van der Waals surface area contributed by atoms with Crippen LogP contribution in [0.4, 0.5) is 5.69 Å². The van der Waals surface area contributed by atoms with Gasteiger partial charge >= 0.3 is 0 Å². The van der Waals surface area contributed by atoms with Gasteiger partial charge < -0.3 is 10.2 Å². The molecule has 226 valence electrons. The topological polar surface area (TPSA) is 86.8 Å². The first-order valence-corrected chi connectivity index (χ1v) is 16.7. The lowest BCUT2D eigenvalue weighted by atomic mass is 10.0. The van der Waals surface area contributed by atoms with Crippen molar-refractivity contribution in [3.8, 4) is 0 Å². The van der Waals surface area contributed by atoms with E-state index in [1.54, 1.807) is 42.5 Å². The summed E-state index contributed by atoms with van der Waals surface area (Å²) >= 11 is 18.7. The Morgan fingerprint density at radius 3 is 2.24 bits per heavy atom. The number of amides is 2. The normalized spacial score (nSPS) is 12.8.